The van der Waals surface area contributed by atoms with Crippen molar-refractivity contribution >= 4 is 0 Å². The van der Waals surface area contributed by atoms with Gasteiger partial charge >= 0.3 is 0 Å². The molecule has 1 saturated heterocycles. The number of aliphatic hydroxyl groups excluding tert-OH is 1. The molecule has 4 heteroatoms. The van der Waals surface area contributed by atoms with Crippen molar-refractivity contribution < 1.29 is 9.84 Å². The Labute approximate surface area is 146 Å². The minimum absolute atomic E-state index is 0.205. The summed E-state index contributed by atoms with van der Waals surface area (Å²) >= 11 is 0. The first-order valence-corrected chi connectivity index (χ1v) is 9.50. The number of benzene rings is 1. The molecule has 3 unspecified atom stereocenters. The summed E-state index contributed by atoms with van der Waals surface area (Å²) in [5.74, 6) is 0.982. The van der Waals surface area contributed by atoms with Gasteiger partial charge in [-0.15, -0.1) is 0 Å². The van der Waals surface area contributed by atoms with Crippen molar-refractivity contribution in [2.45, 2.75) is 70.2 Å². The van der Waals surface area contributed by atoms with Crippen molar-refractivity contribution in [2.24, 2.45) is 0 Å². The molecule has 3 atom stereocenters. The van der Waals surface area contributed by atoms with E-state index >= 15 is 0 Å². The Bertz CT molecular complexity index is 528. The largest absolute Gasteiger partial charge is 0.496 e. The third-order valence-electron chi connectivity index (χ3n) is 5.59. The lowest BCUT2D eigenvalue weighted by molar-refractivity contribution is 0.0859. The standard InChI is InChI=1S/C20H32N2O2/c1-15(21-18-7-3-4-8-19(18)23)16-9-10-20(24-2)17(13-16)14-22-11-5-6-12-22/h9-10,13,15,18-19,21,23H,3-8,11-12,14H2,1-2H3. The van der Waals surface area contributed by atoms with Crippen molar-refractivity contribution in [3.63, 3.8) is 0 Å². The van der Waals surface area contributed by atoms with E-state index in [9.17, 15) is 5.11 Å². The van der Waals surface area contributed by atoms with E-state index in [4.69, 9.17) is 4.74 Å². The Hall–Kier alpha value is -1.10. The summed E-state index contributed by atoms with van der Waals surface area (Å²) in [5.41, 5.74) is 2.55. The topological polar surface area (TPSA) is 44.7 Å². The predicted molar refractivity (Wildman–Crippen MR) is 97.3 cm³/mol. The number of rotatable bonds is 6. The number of aliphatic hydroxyl groups is 1. The molecule has 0 bridgehead atoms. The number of likely N-dealkylation sites (tertiary alicyclic amines) is 1. The molecule has 134 valence electrons. The third-order valence-corrected chi connectivity index (χ3v) is 5.59. The normalized spacial score (nSPS) is 26.5. The molecule has 1 saturated carbocycles. The van der Waals surface area contributed by atoms with Gasteiger partial charge in [0.2, 0.25) is 0 Å². The van der Waals surface area contributed by atoms with Crippen molar-refractivity contribution in [1.82, 2.24) is 10.2 Å². The number of nitrogens with one attached hydrogen (secondary N) is 1. The fourth-order valence-corrected chi connectivity index (χ4v) is 4.10. The van der Waals surface area contributed by atoms with Gasteiger partial charge < -0.3 is 15.2 Å². The van der Waals surface area contributed by atoms with Crippen LogP contribution in [0.15, 0.2) is 18.2 Å². The molecule has 2 fully saturated rings. The van der Waals surface area contributed by atoms with Crippen LogP contribution in [-0.4, -0.2) is 42.4 Å². The molecular formula is C20H32N2O2. The van der Waals surface area contributed by atoms with E-state index in [1.165, 1.54) is 43.5 Å². The first kappa shape index (κ1) is 17.7. The zero-order valence-corrected chi connectivity index (χ0v) is 15.1. The van der Waals surface area contributed by atoms with Gasteiger partial charge in [-0.05, 0) is 63.4 Å². The summed E-state index contributed by atoms with van der Waals surface area (Å²) in [7, 11) is 1.75. The van der Waals surface area contributed by atoms with Gasteiger partial charge in [0.25, 0.3) is 0 Å². The van der Waals surface area contributed by atoms with Crippen LogP contribution in [0.3, 0.4) is 0 Å². The molecular weight excluding hydrogens is 300 g/mol. The zero-order valence-electron chi connectivity index (χ0n) is 15.1. The van der Waals surface area contributed by atoms with Crippen LogP contribution in [0.1, 0.15) is 62.6 Å². The van der Waals surface area contributed by atoms with Crippen molar-refractivity contribution in [1.29, 1.82) is 0 Å². The lowest BCUT2D eigenvalue weighted by Crippen LogP contribution is -2.43. The monoisotopic (exact) mass is 332 g/mol. The van der Waals surface area contributed by atoms with E-state index in [0.29, 0.717) is 0 Å². The molecule has 0 aromatic heterocycles. The molecule has 1 aromatic rings. The second kappa shape index (κ2) is 8.32. The summed E-state index contributed by atoms with van der Waals surface area (Å²) in [5, 5.41) is 13.8. The number of nitrogens with zero attached hydrogens (tertiary/aromatic N) is 1. The van der Waals surface area contributed by atoms with E-state index in [2.05, 4.69) is 35.3 Å². The maximum absolute atomic E-state index is 10.2. The lowest BCUT2D eigenvalue weighted by Gasteiger charge is -2.31. The zero-order chi connectivity index (χ0) is 16.9. The quantitative estimate of drug-likeness (QED) is 0.839. The Balaban J connectivity index is 1.69. The molecule has 2 aliphatic rings. The Morgan fingerprint density at radius 1 is 1.21 bits per heavy atom. The number of ether oxygens (including phenoxy) is 1. The van der Waals surface area contributed by atoms with Crippen LogP contribution in [0, 0.1) is 0 Å². The van der Waals surface area contributed by atoms with Crippen LogP contribution < -0.4 is 10.1 Å². The van der Waals surface area contributed by atoms with Gasteiger partial charge in [0, 0.05) is 24.2 Å². The van der Waals surface area contributed by atoms with Gasteiger partial charge in [0.05, 0.1) is 13.2 Å². The highest BCUT2D eigenvalue weighted by Gasteiger charge is 2.25. The van der Waals surface area contributed by atoms with Crippen LogP contribution in [0.4, 0.5) is 0 Å². The van der Waals surface area contributed by atoms with Gasteiger partial charge in [-0.25, -0.2) is 0 Å². The van der Waals surface area contributed by atoms with Crippen LogP contribution in [-0.2, 0) is 6.54 Å². The summed E-state index contributed by atoms with van der Waals surface area (Å²) in [4.78, 5) is 2.50. The molecule has 24 heavy (non-hydrogen) atoms. The predicted octanol–water partition coefficient (Wildman–Crippen LogP) is 3.25. The van der Waals surface area contributed by atoms with Crippen LogP contribution in [0.2, 0.25) is 0 Å². The highest BCUT2D eigenvalue weighted by molar-refractivity contribution is 5.38. The van der Waals surface area contributed by atoms with E-state index < -0.39 is 0 Å². The SMILES string of the molecule is COc1ccc(C(C)NC2CCCCC2O)cc1CN1CCCC1. The molecule has 1 aliphatic carbocycles. The molecule has 1 heterocycles. The van der Waals surface area contributed by atoms with E-state index in [1.54, 1.807) is 7.11 Å². The molecule has 0 amide bonds. The highest BCUT2D eigenvalue weighted by Crippen LogP contribution is 2.27. The highest BCUT2D eigenvalue weighted by atomic mass is 16.5. The van der Waals surface area contributed by atoms with Gasteiger partial charge in [-0.1, -0.05) is 18.9 Å². The molecule has 4 nitrogen and oxygen atoms in total. The van der Waals surface area contributed by atoms with Crippen LogP contribution in [0.25, 0.3) is 0 Å². The second-order valence-electron chi connectivity index (χ2n) is 7.40. The lowest BCUT2D eigenvalue weighted by atomic mass is 9.91. The Morgan fingerprint density at radius 2 is 1.96 bits per heavy atom. The van der Waals surface area contributed by atoms with E-state index in [1.807, 2.05) is 0 Å². The van der Waals surface area contributed by atoms with Crippen molar-refractivity contribution in [3.8, 4) is 5.75 Å². The minimum Gasteiger partial charge on any atom is -0.496 e. The van der Waals surface area contributed by atoms with Gasteiger partial charge in [0.15, 0.2) is 0 Å². The van der Waals surface area contributed by atoms with E-state index in [-0.39, 0.29) is 18.2 Å². The summed E-state index contributed by atoms with van der Waals surface area (Å²) in [6.07, 6.45) is 6.76. The summed E-state index contributed by atoms with van der Waals surface area (Å²) in [6.45, 7) is 5.55. The van der Waals surface area contributed by atoms with Crippen LogP contribution in [0.5, 0.6) is 5.75 Å². The summed E-state index contributed by atoms with van der Waals surface area (Å²) in [6, 6.07) is 6.99. The average molecular weight is 332 g/mol. The molecule has 0 spiro atoms. The Kier molecular flexibility index (Phi) is 6.14. The van der Waals surface area contributed by atoms with Crippen LogP contribution >= 0.6 is 0 Å². The minimum atomic E-state index is -0.205. The molecule has 2 N–H and O–H groups in total. The first-order chi connectivity index (χ1) is 11.7. The molecule has 1 aliphatic heterocycles. The molecule has 1 aromatic carbocycles. The van der Waals surface area contributed by atoms with Gasteiger partial charge in [-0.2, -0.15) is 0 Å². The van der Waals surface area contributed by atoms with Gasteiger partial charge in [-0.3, -0.25) is 4.90 Å². The fraction of sp³-hybridized carbons (Fsp3) is 0.700. The van der Waals surface area contributed by atoms with Crippen molar-refractivity contribution in [3.05, 3.63) is 29.3 Å². The maximum Gasteiger partial charge on any atom is 0.123 e. The van der Waals surface area contributed by atoms with Gasteiger partial charge in [0.1, 0.15) is 5.75 Å². The third kappa shape index (κ3) is 4.29. The number of hydrogen-bond acceptors (Lipinski definition) is 4. The van der Waals surface area contributed by atoms with Crippen molar-refractivity contribution in [2.75, 3.05) is 20.2 Å². The smallest absolute Gasteiger partial charge is 0.123 e. The van der Waals surface area contributed by atoms with E-state index in [0.717, 1.165) is 31.6 Å². The maximum atomic E-state index is 10.2. The number of methoxy groups -OCH3 is 1. The number of hydrogen-bond donors (Lipinski definition) is 2. The second-order valence-corrected chi connectivity index (χ2v) is 7.40. The Morgan fingerprint density at radius 3 is 2.67 bits per heavy atom. The molecule has 3 rings (SSSR count). The first-order valence-electron chi connectivity index (χ1n) is 9.50. The molecule has 0 radical (unpaired) electrons. The summed E-state index contributed by atoms with van der Waals surface area (Å²) < 4.78 is 5.57. The average Bonchev–Trinajstić information content (AvgIpc) is 3.10. The fourth-order valence-electron chi connectivity index (χ4n) is 4.10.